The van der Waals surface area contributed by atoms with Crippen LogP contribution in [0.4, 0.5) is 0 Å². The van der Waals surface area contributed by atoms with Gasteiger partial charge in [0.25, 0.3) is 0 Å². The second-order valence-corrected chi connectivity index (χ2v) is 5.18. The monoisotopic (exact) mass is 278 g/mol. The summed E-state index contributed by atoms with van der Waals surface area (Å²) in [5.74, 6) is 0.0545. The van der Waals surface area contributed by atoms with Crippen LogP contribution in [0.15, 0.2) is 30.3 Å². The number of halogens is 1. The summed E-state index contributed by atoms with van der Waals surface area (Å²) in [6.45, 7) is 2.19. The summed E-state index contributed by atoms with van der Waals surface area (Å²) in [4.78, 5) is 0. The minimum absolute atomic E-state index is 0.0545. The number of hydrogen-bond acceptors (Lipinski definition) is 2. The Morgan fingerprint density at radius 2 is 2.16 bits per heavy atom. The maximum atomic E-state index is 9.61. The largest absolute Gasteiger partial charge is 0.396 e. The van der Waals surface area contributed by atoms with E-state index in [-0.39, 0.29) is 12.5 Å². The number of benzene rings is 1. The van der Waals surface area contributed by atoms with Crippen LogP contribution in [-0.2, 0) is 19.9 Å². The highest BCUT2D eigenvalue weighted by molar-refractivity contribution is 6.30. The van der Waals surface area contributed by atoms with Gasteiger partial charge in [0, 0.05) is 23.7 Å². The molecule has 2 aromatic rings. The number of aliphatic hydroxyl groups is 1. The summed E-state index contributed by atoms with van der Waals surface area (Å²) in [6, 6.07) is 9.79. The first-order chi connectivity index (χ1) is 9.13. The van der Waals surface area contributed by atoms with Crippen LogP contribution in [0.25, 0.3) is 0 Å². The highest BCUT2D eigenvalue weighted by Gasteiger charge is 2.14. The van der Waals surface area contributed by atoms with Gasteiger partial charge < -0.3 is 5.11 Å². The van der Waals surface area contributed by atoms with Crippen molar-refractivity contribution in [2.45, 2.75) is 25.7 Å². The molecule has 1 N–H and O–H groups in total. The maximum absolute atomic E-state index is 9.61. The zero-order chi connectivity index (χ0) is 13.8. The topological polar surface area (TPSA) is 38.0 Å². The van der Waals surface area contributed by atoms with Crippen molar-refractivity contribution in [3.63, 3.8) is 0 Å². The van der Waals surface area contributed by atoms with E-state index < -0.39 is 0 Å². The molecule has 0 spiro atoms. The van der Waals surface area contributed by atoms with Crippen LogP contribution in [0.3, 0.4) is 0 Å². The molecule has 1 aromatic heterocycles. The van der Waals surface area contributed by atoms with Crippen LogP contribution >= 0.6 is 11.6 Å². The van der Waals surface area contributed by atoms with Crippen molar-refractivity contribution in [3.8, 4) is 0 Å². The highest BCUT2D eigenvalue weighted by Crippen LogP contribution is 2.23. The minimum Gasteiger partial charge on any atom is -0.396 e. The van der Waals surface area contributed by atoms with Crippen LogP contribution < -0.4 is 0 Å². The van der Waals surface area contributed by atoms with Crippen molar-refractivity contribution in [1.82, 2.24) is 9.78 Å². The van der Waals surface area contributed by atoms with E-state index in [4.69, 9.17) is 11.6 Å². The molecule has 4 heteroatoms. The molecule has 1 heterocycles. The van der Waals surface area contributed by atoms with Crippen LogP contribution in [0.2, 0.25) is 5.02 Å². The van der Waals surface area contributed by atoms with Gasteiger partial charge in [-0.2, -0.15) is 5.10 Å². The number of rotatable bonds is 5. The molecule has 0 aliphatic carbocycles. The number of aliphatic hydroxyl groups excluding tert-OH is 1. The Hall–Kier alpha value is -1.32. The fraction of sp³-hybridized carbons (Fsp3) is 0.400. The Balaban J connectivity index is 2.21. The van der Waals surface area contributed by atoms with Crippen molar-refractivity contribution in [1.29, 1.82) is 0 Å². The molecule has 0 saturated carbocycles. The summed E-state index contributed by atoms with van der Waals surface area (Å²) in [6.07, 6.45) is 1.69. The zero-order valence-electron chi connectivity index (χ0n) is 11.3. The first-order valence-electron chi connectivity index (χ1n) is 6.52. The molecule has 0 amide bonds. The molecule has 0 aliphatic heterocycles. The predicted molar refractivity (Wildman–Crippen MR) is 77.6 cm³/mol. The lowest BCUT2D eigenvalue weighted by Gasteiger charge is -2.15. The normalized spacial score (nSPS) is 12.6. The molecule has 2 rings (SSSR count). The molecule has 1 aromatic carbocycles. The van der Waals surface area contributed by atoms with E-state index in [1.165, 1.54) is 0 Å². The van der Waals surface area contributed by atoms with Gasteiger partial charge in [0.15, 0.2) is 0 Å². The van der Waals surface area contributed by atoms with Crippen molar-refractivity contribution in [3.05, 3.63) is 52.3 Å². The Morgan fingerprint density at radius 1 is 1.37 bits per heavy atom. The van der Waals surface area contributed by atoms with E-state index in [1.807, 2.05) is 36.0 Å². The van der Waals surface area contributed by atoms with Crippen LogP contribution in [-0.4, -0.2) is 21.5 Å². The first-order valence-corrected chi connectivity index (χ1v) is 6.90. The molecule has 0 saturated heterocycles. The quantitative estimate of drug-likeness (QED) is 0.913. The molecule has 0 radical (unpaired) electrons. The Labute approximate surface area is 118 Å². The van der Waals surface area contributed by atoms with Gasteiger partial charge in [0.05, 0.1) is 12.3 Å². The van der Waals surface area contributed by atoms with Gasteiger partial charge in [0.2, 0.25) is 0 Å². The van der Waals surface area contributed by atoms with E-state index in [2.05, 4.69) is 18.1 Å². The second kappa shape index (κ2) is 6.22. The zero-order valence-corrected chi connectivity index (χ0v) is 12.1. The fourth-order valence-corrected chi connectivity index (χ4v) is 2.43. The number of aryl methyl sites for hydroxylation is 2. The molecule has 19 heavy (non-hydrogen) atoms. The van der Waals surface area contributed by atoms with Crippen molar-refractivity contribution in [2.75, 3.05) is 6.61 Å². The predicted octanol–water partition coefficient (Wildman–Crippen LogP) is 2.95. The lowest BCUT2D eigenvalue weighted by Crippen LogP contribution is -2.10. The van der Waals surface area contributed by atoms with Gasteiger partial charge in [-0.1, -0.05) is 30.7 Å². The molecule has 0 aliphatic rings. The van der Waals surface area contributed by atoms with Gasteiger partial charge in [-0.3, -0.25) is 4.68 Å². The van der Waals surface area contributed by atoms with Gasteiger partial charge in [0.1, 0.15) is 0 Å². The average molecular weight is 279 g/mol. The van der Waals surface area contributed by atoms with Crippen molar-refractivity contribution < 1.29 is 5.11 Å². The third kappa shape index (κ3) is 3.37. The molecule has 0 bridgehead atoms. The molecule has 102 valence electrons. The first kappa shape index (κ1) is 14.1. The van der Waals surface area contributed by atoms with Crippen LogP contribution in [0.5, 0.6) is 0 Å². The van der Waals surface area contributed by atoms with E-state index in [9.17, 15) is 5.11 Å². The summed E-state index contributed by atoms with van der Waals surface area (Å²) >= 11 is 6.01. The van der Waals surface area contributed by atoms with Gasteiger partial charge >= 0.3 is 0 Å². The molecule has 0 fully saturated rings. The summed E-state index contributed by atoms with van der Waals surface area (Å²) < 4.78 is 1.89. The minimum atomic E-state index is 0.0545. The summed E-state index contributed by atoms with van der Waals surface area (Å²) in [7, 11) is 1.95. The molecular formula is C15H19ClN2O. The van der Waals surface area contributed by atoms with E-state index in [0.717, 1.165) is 29.8 Å². The van der Waals surface area contributed by atoms with Gasteiger partial charge in [-0.05, 0) is 36.6 Å². The van der Waals surface area contributed by atoms with Gasteiger partial charge in [-0.15, -0.1) is 0 Å². The lowest BCUT2D eigenvalue weighted by atomic mass is 9.95. The standard InChI is InChI=1S/C15H19ClN2O/c1-3-14-9-15(18(2)17-14)8-12(10-19)11-5-4-6-13(16)7-11/h4-7,9,12,19H,3,8,10H2,1-2H3. The number of aromatic nitrogens is 2. The van der Waals surface area contributed by atoms with Gasteiger partial charge in [-0.25, -0.2) is 0 Å². The highest BCUT2D eigenvalue weighted by atomic mass is 35.5. The van der Waals surface area contributed by atoms with Crippen molar-refractivity contribution >= 4 is 11.6 Å². The fourth-order valence-electron chi connectivity index (χ4n) is 2.24. The maximum Gasteiger partial charge on any atom is 0.0624 e. The summed E-state index contributed by atoms with van der Waals surface area (Å²) in [5.41, 5.74) is 3.28. The molecule has 1 unspecified atom stereocenters. The number of hydrogen-bond donors (Lipinski definition) is 1. The second-order valence-electron chi connectivity index (χ2n) is 4.74. The van der Waals surface area contributed by atoms with E-state index in [1.54, 1.807) is 0 Å². The Kier molecular flexibility index (Phi) is 4.61. The van der Waals surface area contributed by atoms with E-state index >= 15 is 0 Å². The van der Waals surface area contributed by atoms with Crippen molar-refractivity contribution in [2.24, 2.45) is 7.05 Å². The van der Waals surface area contributed by atoms with Crippen LogP contribution in [0.1, 0.15) is 29.8 Å². The smallest absolute Gasteiger partial charge is 0.0624 e. The molecular weight excluding hydrogens is 260 g/mol. The SMILES string of the molecule is CCc1cc(CC(CO)c2cccc(Cl)c2)n(C)n1. The Morgan fingerprint density at radius 3 is 2.74 bits per heavy atom. The molecule has 1 atom stereocenters. The number of nitrogens with zero attached hydrogens (tertiary/aromatic N) is 2. The third-order valence-corrected chi connectivity index (χ3v) is 3.62. The third-order valence-electron chi connectivity index (χ3n) is 3.39. The van der Waals surface area contributed by atoms with E-state index in [0.29, 0.717) is 5.02 Å². The summed E-state index contributed by atoms with van der Waals surface area (Å²) in [5, 5.41) is 14.8. The lowest BCUT2D eigenvalue weighted by molar-refractivity contribution is 0.263. The average Bonchev–Trinajstić information content (AvgIpc) is 2.76. The van der Waals surface area contributed by atoms with Crippen LogP contribution in [0, 0.1) is 0 Å². The molecule has 3 nitrogen and oxygen atoms in total. The Bertz CT molecular complexity index is 551.